The van der Waals surface area contributed by atoms with Crippen LogP contribution in [0.1, 0.15) is 16.1 Å². The van der Waals surface area contributed by atoms with Crippen LogP contribution in [0.4, 0.5) is 5.82 Å². The first-order chi connectivity index (χ1) is 10.1. The Morgan fingerprint density at radius 2 is 2.19 bits per heavy atom. The van der Waals surface area contributed by atoms with Crippen molar-refractivity contribution in [2.24, 2.45) is 0 Å². The molecule has 0 radical (unpaired) electrons. The largest absolute Gasteiger partial charge is 0.306 e. The number of rotatable bonds is 3. The second-order valence-electron chi connectivity index (χ2n) is 4.53. The average molecular weight is 318 g/mol. The number of hydrogen-bond donors (Lipinski definition) is 1. The average Bonchev–Trinajstić information content (AvgIpc) is 3.08. The van der Waals surface area contributed by atoms with Gasteiger partial charge < -0.3 is 5.32 Å². The molecule has 0 saturated carbocycles. The molecule has 4 nitrogen and oxygen atoms in total. The number of anilines is 1. The Labute approximate surface area is 131 Å². The monoisotopic (exact) mass is 317 g/mol. The minimum atomic E-state index is -0.153. The van der Waals surface area contributed by atoms with Gasteiger partial charge in [-0.1, -0.05) is 17.7 Å². The molecule has 2 aromatic heterocycles. The maximum Gasteiger partial charge on any atom is 0.257 e. The molecule has 0 unspecified atom stereocenters. The molecular weight excluding hydrogens is 306 g/mol. The van der Waals surface area contributed by atoms with Gasteiger partial charge in [-0.25, -0.2) is 4.68 Å². The van der Waals surface area contributed by atoms with Crippen LogP contribution in [0.5, 0.6) is 0 Å². The number of thiophene rings is 1. The highest BCUT2D eigenvalue weighted by atomic mass is 35.5. The van der Waals surface area contributed by atoms with Gasteiger partial charge in [-0.15, -0.1) is 0 Å². The van der Waals surface area contributed by atoms with Crippen LogP contribution >= 0.6 is 22.9 Å². The van der Waals surface area contributed by atoms with E-state index in [2.05, 4.69) is 10.4 Å². The van der Waals surface area contributed by atoms with Crippen LogP contribution in [0.25, 0.3) is 5.69 Å². The number of nitrogens with zero attached hydrogens (tertiary/aromatic N) is 2. The number of amides is 1. The summed E-state index contributed by atoms with van der Waals surface area (Å²) in [5.41, 5.74) is 2.25. The summed E-state index contributed by atoms with van der Waals surface area (Å²) in [5, 5.41) is 11.6. The lowest BCUT2D eigenvalue weighted by molar-refractivity contribution is 0.102. The highest BCUT2D eigenvalue weighted by Gasteiger charge is 2.12. The molecule has 3 rings (SSSR count). The highest BCUT2D eigenvalue weighted by Crippen LogP contribution is 2.21. The van der Waals surface area contributed by atoms with E-state index in [0.29, 0.717) is 16.4 Å². The molecule has 1 aromatic carbocycles. The van der Waals surface area contributed by atoms with Crippen molar-refractivity contribution >= 4 is 34.7 Å². The molecule has 0 aliphatic rings. The summed E-state index contributed by atoms with van der Waals surface area (Å²) < 4.78 is 1.67. The molecule has 0 spiro atoms. The second kappa shape index (κ2) is 5.71. The van der Waals surface area contributed by atoms with Crippen LogP contribution < -0.4 is 5.32 Å². The highest BCUT2D eigenvalue weighted by molar-refractivity contribution is 7.08. The second-order valence-corrected chi connectivity index (χ2v) is 5.75. The van der Waals surface area contributed by atoms with E-state index >= 15 is 0 Å². The summed E-state index contributed by atoms with van der Waals surface area (Å²) in [7, 11) is 0. The molecule has 2 heterocycles. The van der Waals surface area contributed by atoms with E-state index in [1.807, 2.05) is 35.9 Å². The van der Waals surface area contributed by atoms with Crippen molar-refractivity contribution in [1.82, 2.24) is 9.78 Å². The van der Waals surface area contributed by atoms with Gasteiger partial charge in [0.05, 0.1) is 16.9 Å². The molecule has 21 heavy (non-hydrogen) atoms. The molecule has 0 atom stereocenters. The van der Waals surface area contributed by atoms with Crippen LogP contribution in [-0.2, 0) is 0 Å². The van der Waals surface area contributed by atoms with Crippen LogP contribution in [-0.4, -0.2) is 15.7 Å². The van der Waals surface area contributed by atoms with E-state index in [9.17, 15) is 4.79 Å². The third-order valence-corrected chi connectivity index (χ3v) is 3.83. The van der Waals surface area contributed by atoms with Crippen molar-refractivity contribution in [3.8, 4) is 5.69 Å². The van der Waals surface area contributed by atoms with Crippen LogP contribution in [0.2, 0.25) is 5.02 Å². The van der Waals surface area contributed by atoms with Gasteiger partial charge in [-0.3, -0.25) is 4.79 Å². The maximum atomic E-state index is 12.2. The number of carbonyl (C=O) groups excluding carboxylic acids is 1. The zero-order valence-corrected chi connectivity index (χ0v) is 12.8. The van der Waals surface area contributed by atoms with Gasteiger partial charge in [-0.2, -0.15) is 16.4 Å². The summed E-state index contributed by atoms with van der Waals surface area (Å²) in [5.74, 6) is 0.463. The summed E-state index contributed by atoms with van der Waals surface area (Å²) in [6.45, 7) is 1.88. The van der Waals surface area contributed by atoms with E-state index in [1.54, 1.807) is 22.9 Å². The Morgan fingerprint density at radius 3 is 2.90 bits per heavy atom. The number of halogens is 1. The zero-order valence-electron chi connectivity index (χ0n) is 11.2. The molecule has 1 N–H and O–H groups in total. The van der Waals surface area contributed by atoms with Crippen LogP contribution in [0, 0.1) is 6.92 Å². The molecule has 106 valence electrons. The van der Waals surface area contributed by atoms with E-state index in [0.717, 1.165) is 11.4 Å². The quantitative estimate of drug-likeness (QED) is 0.789. The standard InChI is InChI=1S/C15H12ClN3OS/c1-10-7-14(17-15(20)11-5-6-21-9-11)19(18-10)13-4-2-3-12(16)8-13/h2-9H,1H3,(H,17,20). The zero-order chi connectivity index (χ0) is 14.8. The fourth-order valence-corrected chi connectivity index (χ4v) is 2.80. The SMILES string of the molecule is Cc1cc(NC(=O)c2ccsc2)n(-c2cccc(Cl)c2)n1. The van der Waals surface area contributed by atoms with Crippen LogP contribution in [0.3, 0.4) is 0 Å². The van der Waals surface area contributed by atoms with E-state index in [1.165, 1.54) is 11.3 Å². The van der Waals surface area contributed by atoms with E-state index in [4.69, 9.17) is 11.6 Å². The van der Waals surface area contributed by atoms with Gasteiger partial charge in [0.25, 0.3) is 5.91 Å². The van der Waals surface area contributed by atoms with Gasteiger partial charge in [0, 0.05) is 16.5 Å². The van der Waals surface area contributed by atoms with E-state index < -0.39 is 0 Å². The van der Waals surface area contributed by atoms with Crippen molar-refractivity contribution in [1.29, 1.82) is 0 Å². The normalized spacial score (nSPS) is 10.6. The fourth-order valence-electron chi connectivity index (χ4n) is 1.98. The van der Waals surface area contributed by atoms with Crippen molar-refractivity contribution in [3.05, 3.63) is 63.4 Å². The minimum Gasteiger partial charge on any atom is -0.306 e. The number of aromatic nitrogens is 2. The first kappa shape index (κ1) is 13.9. The van der Waals surface area contributed by atoms with E-state index in [-0.39, 0.29) is 5.91 Å². The molecule has 1 amide bonds. The predicted octanol–water partition coefficient (Wildman–Crippen LogP) is 4.15. The third kappa shape index (κ3) is 2.99. The lowest BCUT2D eigenvalue weighted by Gasteiger charge is -2.08. The lowest BCUT2D eigenvalue weighted by Crippen LogP contribution is -2.14. The third-order valence-electron chi connectivity index (χ3n) is 2.91. The topological polar surface area (TPSA) is 46.9 Å². The molecule has 0 aliphatic heterocycles. The number of benzene rings is 1. The van der Waals surface area contributed by atoms with Crippen molar-refractivity contribution in [2.75, 3.05) is 5.32 Å². The Morgan fingerprint density at radius 1 is 1.33 bits per heavy atom. The van der Waals surface area contributed by atoms with Crippen molar-refractivity contribution in [3.63, 3.8) is 0 Å². The molecular formula is C15H12ClN3OS. The number of hydrogen-bond acceptors (Lipinski definition) is 3. The smallest absolute Gasteiger partial charge is 0.257 e. The molecule has 0 saturated heterocycles. The van der Waals surface area contributed by atoms with Gasteiger partial charge in [0.15, 0.2) is 0 Å². The van der Waals surface area contributed by atoms with Gasteiger partial charge in [0.1, 0.15) is 5.82 Å². The van der Waals surface area contributed by atoms with Crippen molar-refractivity contribution in [2.45, 2.75) is 6.92 Å². The maximum absolute atomic E-state index is 12.2. The molecule has 3 aromatic rings. The van der Waals surface area contributed by atoms with Gasteiger partial charge in [-0.05, 0) is 36.6 Å². The molecule has 0 aliphatic carbocycles. The summed E-state index contributed by atoms with van der Waals surface area (Å²) in [4.78, 5) is 12.2. The summed E-state index contributed by atoms with van der Waals surface area (Å²) >= 11 is 7.50. The summed E-state index contributed by atoms with van der Waals surface area (Å²) in [6, 6.07) is 10.9. The first-order valence-corrected chi connectivity index (χ1v) is 7.62. The minimum absolute atomic E-state index is 0.153. The number of nitrogens with one attached hydrogen (secondary N) is 1. The Balaban J connectivity index is 1.95. The fraction of sp³-hybridized carbons (Fsp3) is 0.0667. The number of aryl methyl sites for hydroxylation is 1. The van der Waals surface area contributed by atoms with Gasteiger partial charge >= 0.3 is 0 Å². The Bertz CT molecular complexity index is 780. The van der Waals surface area contributed by atoms with Crippen molar-refractivity contribution < 1.29 is 4.79 Å². The molecule has 6 heteroatoms. The molecule has 0 bridgehead atoms. The van der Waals surface area contributed by atoms with Gasteiger partial charge in [0.2, 0.25) is 0 Å². The Hall–Kier alpha value is -2.11. The van der Waals surface area contributed by atoms with Crippen LogP contribution in [0.15, 0.2) is 47.2 Å². The molecule has 0 fully saturated rings. The predicted molar refractivity (Wildman–Crippen MR) is 85.6 cm³/mol. The summed E-state index contributed by atoms with van der Waals surface area (Å²) in [6.07, 6.45) is 0. The lowest BCUT2D eigenvalue weighted by atomic mass is 10.3. The Kier molecular flexibility index (Phi) is 3.77. The first-order valence-electron chi connectivity index (χ1n) is 6.29. The number of carbonyl (C=O) groups is 1.